The minimum atomic E-state index is -1.03. The summed E-state index contributed by atoms with van der Waals surface area (Å²) in [5.41, 5.74) is 1.03. The van der Waals surface area contributed by atoms with Crippen LogP contribution >= 0.6 is 11.3 Å². The van der Waals surface area contributed by atoms with Gasteiger partial charge in [-0.1, -0.05) is 19.0 Å². The molecule has 0 aliphatic rings. The predicted molar refractivity (Wildman–Crippen MR) is 87.9 cm³/mol. The lowest BCUT2D eigenvalue weighted by molar-refractivity contribution is -0.123. The van der Waals surface area contributed by atoms with E-state index in [2.05, 4.69) is 10.5 Å². The number of anilines is 1. The van der Waals surface area contributed by atoms with Crippen LogP contribution in [-0.4, -0.2) is 23.1 Å². The number of nitriles is 1. The molecule has 0 bridgehead atoms. The van der Waals surface area contributed by atoms with Gasteiger partial charge in [0.1, 0.15) is 16.6 Å². The summed E-state index contributed by atoms with van der Waals surface area (Å²) >= 11 is 1.23. The molecular weight excluding hydrogens is 330 g/mol. The molecule has 0 spiro atoms. The van der Waals surface area contributed by atoms with Crippen molar-refractivity contribution in [2.24, 2.45) is 0 Å². The van der Waals surface area contributed by atoms with Gasteiger partial charge in [-0.05, 0) is 25.3 Å². The smallest absolute Gasteiger partial charge is 0.344 e. The lowest BCUT2D eigenvalue weighted by atomic mass is 10.1. The lowest BCUT2D eigenvalue weighted by Crippen LogP contribution is -2.30. The van der Waals surface area contributed by atoms with Crippen LogP contribution in [-0.2, 0) is 9.53 Å². The fourth-order valence-electron chi connectivity index (χ4n) is 2.01. The zero-order chi connectivity index (χ0) is 17.9. The Morgan fingerprint density at radius 2 is 2.12 bits per heavy atom. The summed E-state index contributed by atoms with van der Waals surface area (Å²) in [5.74, 6) is -0.786. The van der Waals surface area contributed by atoms with E-state index >= 15 is 0 Å². The van der Waals surface area contributed by atoms with E-state index in [0.29, 0.717) is 22.0 Å². The third-order valence-electron chi connectivity index (χ3n) is 3.29. The molecule has 0 saturated heterocycles. The number of esters is 1. The fraction of sp³-hybridized carbons (Fsp3) is 0.375. The van der Waals surface area contributed by atoms with Gasteiger partial charge in [0.05, 0.1) is 11.3 Å². The third kappa shape index (κ3) is 3.63. The molecule has 2 aromatic heterocycles. The van der Waals surface area contributed by atoms with E-state index in [4.69, 9.17) is 14.5 Å². The number of thiophene rings is 1. The molecule has 0 radical (unpaired) electrons. The third-order valence-corrected chi connectivity index (χ3v) is 4.12. The minimum Gasteiger partial charge on any atom is -0.449 e. The Hall–Kier alpha value is -2.66. The van der Waals surface area contributed by atoms with Gasteiger partial charge in [0.2, 0.25) is 0 Å². The second kappa shape index (κ2) is 7.27. The highest BCUT2D eigenvalue weighted by atomic mass is 32.1. The van der Waals surface area contributed by atoms with E-state index < -0.39 is 18.0 Å². The van der Waals surface area contributed by atoms with E-state index in [1.54, 1.807) is 18.4 Å². The molecule has 8 heteroatoms. The maximum atomic E-state index is 12.3. The van der Waals surface area contributed by atoms with Gasteiger partial charge in [-0.25, -0.2) is 4.79 Å². The number of carbonyl (C=O) groups is 2. The quantitative estimate of drug-likeness (QED) is 0.833. The lowest BCUT2D eigenvalue weighted by Gasteiger charge is -2.13. The van der Waals surface area contributed by atoms with Gasteiger partial charge in [0, 0.05) is 5.92 Å². The highest BCUT2D eigenvalue weighted by Gasteiger charge is 2.27. The minimum absolute atomic E-state index is 0.0396. The molecule has 1 atom stereocenters. The van der Waals surface area contributed by atoms with E-state index in [1.165, 1.54) is 18.3 Å². The Morgan fingerprint density at radius 3 is 2.75 bits per heavy atom. The Bertz CT molecular complexity index is 801. The number of nitrogens with zero attached hydrogens (tertiary/aromatic N) is 2. The standard InChI is InChI=1S/C16H17N3O4S/c1-8(2)13-12(9(3)19-23-13)16(21)22-10(4)14(20)18-15-11(7-17)5-6-24-15/h5-6,8,10H,1-4H3,(H,18,20)/t10-/m0/s1. The number of ether oxygens (including phenoxy) is 1. The molecule has 24 heavy (non-hydrogen) atoms. The van der Waals surface area contributed by atoms with Gasteiger partial charge in [0.15, 0.2) is 11.9 Å². The van der Waals surface area contributed by atoms with Crippen molar-refractivity contribution in [3.05, 3.63) is 34.0 Å². The van der Waals surface area contributed by atoms with Crippen LogP contribution in [0.15, 0.2) is 16.0 Å². The fourth-order valence-corrected chi connectivity index (χ4v) is 2.75. The number of rotatable bonds is 5. The maximum absolute atomic E-state index is 12.3. The summed E-state index contributed by atoms with van der Waals surface area (Å²) < 4.78 is 10.4. The van der Waals surface area contributed by atoms with Crippen molar-refractivity contribution in [1.82, 2.24) is 5.16 Å². The van der Waals surface area contributed by atoms with Crippen molar-refractivity contribution in [1.29, 1.82) is 5.26 Å². The zero-order valence-corrected chi connectivity index (χ0v) is 14.6. The Balaban J connectivity index is 2.08. The summed E-state index contributed by atoms with van der Waals surface area (Å²) in [6.45, 7) is 6.84. The Kier molecular flexibility index (Phi) is 5.36. The van der Waals surface area contributed by atoms with Gasteiger partial charge in [-0.3, -0.25) is 4.79 Å². The van der Waals surface area contributed by atoms with Crippen LogP contribution in [0.4, 0.5) is 5.00 Å². The van der Waals surface area contributed by atoms with Crippen molar-refractivity contribution < 1.29 is 18.8 Å². The van der Waals surface area contributed by atoms with Crippen LogP contribution in [0.3, 0.4) is 0 Å². The summed E-state index contributed by atoms with van der Waals surface area (Å²) in [4.78, 5) is 24.5. The zero-order valence-electron chi connectivity index (χ0n) is 13.7. The number of carbonyl (C=O) groups excluding carboxylic acids is 2. The molecule has 2 heterocycles. The van der Waals surface area contributed by atoms with Gasteiger partial charge in [-0.2, -0.15) is 5.26 Å². The number of aryl methyl sites for hydroxylation is 1. The van der Waals surface area contributed by atoms with E-state index in [9.17, 15) is 9.59 Å². The van der Waals surface area contributed by atoms with Gasteiger partial charge >= 0.3 is 5.97 Å². The summed E-state index contributed by atoms with van der Waals surface area (Å²) in [7, 11) is 0. The molecule has 126 valence electrons. The second-order valence-corrected chi connectivity index (χ2v) is 6.39. The molecule has 0 aliphatic carbocycles. The Labute approximate surface area is 143 Å². The first kappa shape index (κ1) is 17.7. The highest BCUT2D eigenvalue weighted by molar-refractivity contribution is 7.14. The molecule has 0 unspecified atom stereocenters. The van der Waals surface area contributed by atoms with Crippen LogP contribution < -0.4 is 5.32 Å². The topological polar surface area (TPSA) is 105 Å². The van der Waals surface area contributed by atoms with Crippen LogP contribution in [0, 0.1) is 18.3 Å². The molecule has 7 nitrogen and oxygen atoms in total. The summed E-state index contributed by atoms with van der Waals surface area (Å²) in [6.07, 6.45) is -1.03. The predicted octanol–water partition coefficient (Wildman–Crippen LogP) is 3.22. The largest absolute Gasteiger partial charge is 0.449 e. The number of hydrogen-bond acceptors (Lipinski definition) is 7. The molecule has 1 amide bonds. The summed E-state index contributed by atoms with van der Waals surface area (Å²) in [6, 6.07) is 3.58. The first-order chi connectivity index (χ1) is 11.3. The maximum Gasteiger partial charge on any atom is 0.344 e. The van der Waals surface area contributed by atoms with E-state index in [-0.39, 0.29) is 11.5 Å². The average molecular weight is 347 g/mol. The van der Waals surface area contributed by atoms with Crippen molar-refractivity contribution in [2.45, 2.75) is 39.7 Å². The molecule has 0 aliphatic heterocycles. The van der Waals surface area contributed by atoms with Crippen molar-refractivity contribution in [3.8, 4) is 6.07 Å². The number of hydrogen-bond donors (Lipinski definition) is 1. The number of amides is 1. The molecule has 0 saturated carbocycles. The van der Waals surface area contributed by atoms with E-state index in [1.807, 2.05) is 19.9 Å². The Morgan fingerprint density at radius 1 is 1.42 bits per heavy atom. The first-order valence-electron chi connectivity index (χ1n) is 7.30. The van der Waals surface area contributed by atoms with Crippen molar-refractivity contribution in [2.75, 3.05) is 5.32 Å². The van der Waals surface area contributed by atoms with Crippen LogP contribution in [0.5, 0.6) is 0 Å². The van der Waals surface area contributed by atoms with Gasteiger partial charge in [-0.15, -0.1) is 11.3 Å². The number of nitrogens with one attached hydrogen (secondary N) is 1. The molecule has 2 rings (SSSR count). The summed E-state index contributed by atoms with van der Waals surface area (Å²) in [5, 5.41) is 17.4. The van der Waals surface area contributed by atoms with E-state index in [0.717, 1.165) is 0 Å². The molecular formula is C16H17N3O4S. The highest BCUT2D eigenvalue weighted by Crippen LogP contribution is 2.24. The van der Waals surface area contributed by atoms with Gasteiger partial charge in [0.25, 0.3) is 5.91 Å². The van der Waals surface area contributed by atoms with Crippen LogP contribution in [0.1, 0.15) is 54.1 Å². The van der Waals surface area contributed by atoms with Crippen LogP contribution in [0.2, 0.25) is 0 Å². The SMILES string of the molecule is Cc1noc(C(C)C)c1C(=O)O[C@@H](C)C(=O)Nc1sccc1C#N. The monoisotopic (exact) mass is 347 g/mol. The number of aromatic nitrogens is 1. The normalized spacial score (nSPS) is 11.8. The van der Waals surface area contributed by atoms with Crippen LogP contribution in [0.25, 0.3) is 0 Å². The average Bonchev–Trinajstić information content (AvgIpc) is 3.13. The van der Waals surface area contributed by atoms with Gasteiger partial charge < -0.3 is 14.6 Å². The molecule has 0 aromatic carbocycles. The molecule has 1 N–H and O–H groups in total. The van der Waals surface area contributed by atoms with Crippen molar-refractivity contribution >= 4 is 28.2 Å². The van der Waals surface area contributed by atoms with Crippen molar-refractivity contribution in [3.63, 3.8) is 0 Å². The second-order valence-electron chi connectivity index (χ2n) is 5.47. The molecule has 2 aromatic rings. The molecule has 0 fully saturated rings. The first-order valence-corrected chi connectivity index (χ1v) is 8.18.